The summed E-state index contributed by atoms with van der Waals surface area (Å²) in [6.07, 6.45) is 3.66. The minimum Gasteiger partial charge on any atom is -0.306 e. The smallest absolute Gasteiger partial charge is 0.0991 e. The molecular formula is C16H17N3. The maximum atomic E-state index is 8.85. The van der Waals surface area contributed by atoms with Crippen molar-refractivity contribution >= 4 is 0 Å². The van der Waals surface area contributed by atoms with E-state index in [0.717, 1.165) is 12.1 Å². The number of aryl methyl sites for hydroxylation is 1. The highest BCUT2D eigenvalue weighted by Crippen LogP contribution is 2.14. The van der Waals surface area contributed by atoms with E-state index < -0.39 is 0 Å². The Bertz CT molecular complexity index is 585. The summed E-state index contributed by atoms with van der Waals surface area (Å²) >= 11 is 0. The van der Waals surface area contributed by atoms with Crippen LogP contribution in [0.4, 0.5) is 0 Å². The molecular weight excluding hydrogens is 234 g/mol. The zero-order chi connectivity index (χ0) is 13.7. The third-order valence-corrected chi connectivity index (χ3v) is 3.25. The summed E-state index contributed by atoms with van der Waals surface area (Å²) in [5.41, 5.74) is 4.25. The molecule has 3 heteroatoms. The Labute approximate surface area is 113 Å². The zero-order valence-corrected chi connectivity index (χ0v) is 11.2. The van der Waals surface area contributed by atoms with Crippen LogP contribution >= 0.6 is 0 Å². The van der Waals surface area contributed by atoms with Crippen LogP contribution in [0.25, 0.3) is 0 Å². The topological polar surface area (TPSA) is 48.7 Å². The van der Waals surface area contributed by atoms with Crippen LogP contribution in [-0.2, 0) is 6.54 Å². The van der Waals surface area contributed by atoms with E-state index in [1.165, 1.54) is 11.1 Å². The van der Waals surface area contributed by atoms with Crippen LogP contribution in [0.2, 0.25) is 0 Å². The largest absolute Gasteiger partial charge is 0.306 e. The molecule has 0 unspecified atom stereocenters. The lowest BCUT2D eigenvalue weighted by molar-refractivity contribution is 0.572. The van der Waals surface area contributed by atoms with Crippen LogP contribution in [0.3, 0.4) is 0 Å². The summed E-state index contributed by atoms with van der Waals surface area (Å²) in [5, 5.41) is 12.3. The second-order valence-corrected chi connectivity index (χ2v) is 4.64. The Kier molecular flexibility index (Phi) is 4.27. The summed E-state index contributed by atoms with van der Waals surface area (Å²) in [6, 6.07) is 12.2. The second-order valence-electron chi connectivity index (χ2n) is 4.64. The molecule has 0 bridgehead atoms. The summed E-state index contributed by atoms with van der Waals surface area (Å²) in [7, 11) is 0. The van der Waals surface area contributed by atoms with Crippen molar-refractivity contribution in [1.29, 1.82) is 5.26 Å². The highest BCUT2D eigenvalue weighted by Gasteiger charge is 2.06. The van der Waals surface area contributed by atoms with Gasteiger partial charge in [-0.25, -0.2) is 0 Å². The van der Waals surface area contributed by atoms with E-state index >= 15 is 0 Å². The molecule has 0 amide bonds. The molecule has 1 heterocycles. The molecule has 0 aliphatic rings. The summed E-state index contributed by atoms with van der Waals surface area (Å²) in [4.78, 5) is 4.12. The fourth-order valence-electron chi connectivity index (χ4n) is 1.98. The van der Waals surface area contributed by atoms with Gasteiger partial charge in [0.25, 0.3) is 0 Å². The molecule has 2 rings (SSSR count). The van der Waals surface area contributed by atoms with E-state index in [0.29, 0.717) is 5.56 Å². The van der Waals surface area contributed by atoms with Crippen molar-refractivity contribution in [3.8, 4) is 6.07 Å². The first-order valence-corrected chi connectivity index (χ1v) is 6.33. The molecule has 1 N–H and O–H groups in total. The SMILES string of the molecule is Cc1cc(C#N)ccc1CN[C@H](C)c1cccnc1. The van der Waals surface area contributed by atoms with Crippen LogP contribution in [0.15, 0.2) is 42.7 Å². The first-order chi connectivity index (χ1) is 9.20. The lowest BCUT2D eigenvalue weighted by Gasteiger charge is -2.15. The van der Waals surface area contributed by atoms with Crippen molar-refractivity contribution in [1.82, 2.24) is 10.3 Å². The van der Waals surface area contributed by atoms with Gasteiger partial charge in [-0.15, -0.1) is 0 Å². The molecule has 2 aromatic rings. The second kappa shape index (κ2) is 6.12. The Morgan fingerprint density at radius 1 is 1.37 bits per heavy atom. The molecule has 1 aromatic carbocycles. The van der Waals surface area contributed by atoms with Gasteiger partial charge in [0.2, 0.25) is 0 Å². The van der Waals surface area contributed by atoms with E-state index in [-0.39, 0.29) is 6.04 Å². The molecule has 0 fully saturated rings. The average molecular weight is 251 g/mol. The van der Waals surface area contributed by atoms with Crippen molar-refractivity contribution in [2.45, 2.75) is 26.4 Å². The number of benzene rings is 1. The van der Waals surface area contributed by atoms with Crippen molar-refractivity contribution in [2.24, 2.45) is 0 Å². The van der Waals surface area contributed by atoms with Gasteiger partial charge in [-0.2, -0.15) is 5.26 Å². The quantitative estimate of drug-likeness (QED) is 0.908. The molecule has 0 radical (unpaired) electrons. The molecule has 1 aromatic heterocycles. The van der Waals surface area contributed by atoms with Gasteiger partial charge in [0.1, 0.15) is 0 Å². The minimum absolute atomic E-state index is 0.253. The van der Waals surface area contributed by atoms with Gasteiger partial charge in [0, 0.05) is 25.0 Å². The van der Waals surface area contributed by atoms with Gasteiger partial charge in [0.05, 0.1) is 11.6 Å². The molecule has 0 aliphatic heterocycles. The molecule has 0 saturated heterocycles. The fraction of sp³-hybridized carbons (Fsp3) is 0.250. The van der Waals surface area contributed by atoms with Crippen molar-refractivity contribution in [2.75, 3.05) is 0 Å². The summed E-state index contributed by atoms with van der Waals surface area (Å²) in [6.45, 7) is 4.94. The van der Waals surface area contributed by atoms with Crippen LogP contribution < -0.4 is 5.32 Å². The van der Waals surface area contributed by atoms with Gasteiger partial charge in [-0.3, -0.25) is 4.98 Å². The third kappa shape index (κ3) is 3.40. The summed E-state index contributed by atoms with van der Waals surface area (Å²) in [5.74, 6) is 0. The average Bonchev–Trinajstić information content (AvgIpc) is 2.46. The van der Waals surface area contributed by atoms with E-state index in [1.807, 2.05) is 37.4 Å². The van der Waals surface area contributed by atoms with E-state index in [9.17, 15) is 0 Å². The van der Waals surface area contributed by atoms with E-state index in [1.54, 1.807) is 6.20 Å². The molecule has 96 valence electrons. The Balaban J connectivity index is 2.01. The highest BCUT2D eigenvalue weighted by molar-refractivity contribution is 5.37. The Hall–Kier alpha value is -2.18. The third-order valence-electron chi connectivity index (χ3n) is 3.25. The standard InChI is InChI=1S/C16H17N3/c1-12-8-14(9-17)5-6-15(12)11-19-13(2)16-4-3-7-18-10-16/h3-8,10,13,19H,11H2,1-2H3/t13-/m1/s1. The molecule has 0 saturated carbocycles. The van der Waals surface area contributed by atoms with Crippen LogP contribution in [0.5, 0.6) is 0 Å². The normalized spacial score (nSPS) is 11.8. The lowest BCUT2D eigenvalue weighted by atomic mass is 10.0. The van der Waals surface area contributed by atoms with Crippen molar-refractivity contribution in [3.63, 3.8) is 0 Å². The van der Waals surface area contributed by atoms with Crippen LogP contribution in [0.1, 0.15) is 35.2 Å². The number of nitrogens with zero attached hydrogens (tertiary/aromatic N) is 2. The number of hydrogen-bond donors (Lipinski definition) is 1. The fourth-order valence-corrected chi connectivity index (χ4v) is 1.98. The first kappa shape index (κ1) is 13.3. The number of nitriles is 1. The summed E-state index contributed by atoms with van der Waals surface area (Å²) < 4.78 is 0. The molecule has 19 heavy (non-hydrogen) atoms. The monoisotopic (exact) mass is 251 g/mol. The lowest BCUT2D eigenvalue weighted by Crippen LogP contribution is -2.18. The minimum atomic E-state index is 0.253. The molecule has 0 spiro atoms. The molecule has 0 aliphatic carbocycles. The molecule has 3 nitrogen and oxygen atoms in total. The number of aromatic nitrogens is 1. The Morgan fingerprint density at radius 2 is 2.21 bits per heavy atom. The maximum Gasteiger partial charge on any atom is 0.0991 e. The number of rotatable bonds is 4. The van der Waals surface area contributed by atoms with Gasteiger partial charge in [-0.05, 0) is 48.7 Å². The Morgan fingerprint density at radius 3 is 2.84 bits per heavy atom. The number of hydrogen-bond acceptors (Lipinski definition) is 3. The molecule has 1 atom stereocenters. The first-order valence-electron chi connectivity index (χ1n) is 6.33. The van der Waals surface area contributed by atoms with Gasteiger partial charge in [0.15, 0.2) is 0 Å². The van der Waals surface area contributed by atoms with Gasteiger partial charge >= 0.3 is 0 Å². The van der Waals surface area contributed by atoms with Crippen LogP contribution in [0, 0.1) is 18.3 Å². The predicted octanol–water partition coefficient (Wildman–Crippen LogP) is 3.11. The highest BCUT2D eigenvalue weighted by atomic mass is 14.9. The van der Waals surface area contributed by atoms with E-state index in [2.05, 4.69) is 29.4 Å². The maximum absolute atomic E-state index is 8.85. The number of nitrogens with one attached hydrogen (secondary N) is 1. The van der Waals surface area contributed by atoms with Gasteiger partial charge in [-0.1, -0.05) is 12.1 Å². The zero-order valence-electron chi connectivity index (χ0n) is 11.2. The van der Waals surface area contributed by atoms with E-state index in [4.69, 9.17) is 5.26 Å². The predicted molar refractivity (Wildman–Crippen MR) is 75.4 cm³/mol. The van der Waals surface area contributed by atoms with Gasteiger partial charge < -0.3 is 5.32 Å². The van der Waals surface area contributed by atoms with Crippen molar-refractivity contribution < 1.29 is 0 Å². The van der Waals surface area contributed by atoms with Crippen LogP contribution in [-0.4, -0.2) is 4.98 Å². The van der Waals surface area contributed by atoms with Crippen molar-refractivity contribution in [3.05, 3.63) is 65.0 Å². The number of pyridine rings is 1.